The molecule has 38 heavy (non-hydrogen) atoms. The zero-order valence-corrected chi connectivity index (χ0v) is 22.9. The minimum absolute atomic E-state index is 0.0540. The van der Waals surface area contributed by atoms with Crippen molar-refractivity contribution in [1.29, 1.82) is 0 Å². The molecule has 5 rings (SSSR count). The number of allylic oxidation sites excluding steroid dienone is 2. The van der Waals surface area contributed by atoms with Gasteiger partial charge in [0, 0.05) is 0 Å². The molecule has 0 N–H and O–H groups in total. The lowest BCUT2D eigenvalue weighted by Gasteiger charge is -2.38. The highest BCUT2D eigenvalue weighted by molar-refractivity contribution is 5.67. The first kappa shape index (κ1) is 27.3. The molecule has 3 aliphatic carbocycles. The van der Waals surface area contributed by atoms with Crippen molar-refractivity contribution >= 4 is 5.57 Å². The van der Waals surface area contributed by atoms with E-state index in [-0.39, 0.29) is 5.92 Å². The van der Waals surface area contributed by atoms with Crippen LogP contribution in [0, 0.1) is 29.4 Å². The van der Waals surface area contributed by atoms with E-state index in [1.54, 1.807) is 0 Å². The van der Waals surface area contributed by atoms with Crippen molar-refractivity contribution in [2.75, 3.05) is 6.86 Å². The average Bonchev–Trinajstić information content (AvgIpc) is 2.96. The van der Waals surface area contributed by atoms with Crippen molar-refractivity contribution in [2.24, 2.45) is 17.8 Å². The molecule has 3 aliphatic rings. The third-order valence-corrected chi connectivity index (χ3v) is 9.88. The number of hydrogen-bond acceptors (Lipinski definition) is 1. The van der Waals surface area contributed by atoms with E-state index in [1.165, 1.54) is 93.0 Å². The van der Waals surface area contributed by atoms with Crippen molar-refractivity contribution < 1.29 is 17.9 Å². The van der Waals surface area contributed by atoms with Gasteiger partial charge in [0.05, 0.1) is 0 Å². The van der Waals surface area contributed by atoms with Gasteiger partial charge in [0.1, 0.15) is 0 Å². The van der Waals surface area contributed by atoms with Crippen LogP contribution >= 0.6 is 0 Å². The van der Waals surface area contributed by atoms with Gasteiger partial charge in [0.15, 0.2) is 17.4 Å². The van der Waals surface area contributed by atoms with E-state index in [9.17, 15) is 13.2 Å². The first-order chi connectivity index (χ1) is 18.6. The minimum Gasteiger partial charge on any atom is -0.457 e. The third kappa shape index (κ3) is 6.32. The molecule has 0 bridgehead atoms. The van der Waals surface area contributed by atoms with Gasteiger partial charge in [-0.2, -0.15) is 0 Å². The van der Waals surface area contributed by atoms with Crippen molar-refractivity contribution in [1.82, 2.24) is 0 Å². The fourth-order valence-corrected chi connectivity index (χ4v) is 7.66. The summed E-state index contributed by atoms with van der Waals surface area (Å²) in [6.07, 6.45) is 18.7. The highest BCUT2D eigenvalue weighted by atomic mass is 19.1. The van der Waals surface area contributed by atoms with Crippen LogP contribution in [0.15, 0.2) is 42.5 Å². The van der Waals surface area contributed by atoms with Crippen LogP contribution in [0.5, 0.6) is 5.75 Å². The Labute approximate surface area is 226 Å². The van der Waals surface area contributed by atoms with E-state index < -0.39 is 24.2 Å². The molecule has 1 unspecified atom stereocenters. The van der Waals surface area contributed by atoms with Gasteiger partial charge in [-0.3, -0.25) is 0 Å². The molecule has 2 fully saturated rings. The third-order valence-electron chi connectivity index (χ3n) is 9.88. The smallest absolute Gasteiger partial charge is 0.228 e. The van der Waals surface area contributed by atoms with Crippen molar-refractivity contribution in [3.63, 3.8) is 0 Å². The Kier molecular flexibility index (Phi) is 9.17. The van der Waals surface area contributed by atoms with Gasteiger partial charge < -0.3 is 4.74 Å². The van der Waals surface area contributed by atoms with Gasteiger partial charge >= 0.3 is 0 Å². The largest absolute Gasteiger partial charge is 0.457 e. The first-order valence-corrected chi connectivity index (χ1v) is 15.0. The lowest BCUT2D eigenvalue weighted by molar-refractivity contribution is 0.156. The molecule has 0 amide bonds. The lowest BCUT2D eigenvalue weighted by atomic mass is 9.68. The zero-order valence-electron chi connectivity index (χ0n) is 22.9. The van der Waals surface area contributed by atoms with E-state index in [2.05, 4.69) is 42.0 Å². The summed E-state index contributed by atoms with van der Waals surface area (Å²) in [5.74, 6) is 1.36. The summed E-state index contributed by atoms with van der Waals surface area (Å²) < 4.78 is 45.2. The van der Waals surface area contributed by atoms with Gasteiger partial charge in [-0.05, 0) is 122 Å². The van der Waals surface area contributed by atoms with Crippen LogP contribution in [-0.4, -0.2) is 6.86 Å². The average molecular weight is 525 g/mol. The first-order valence-electron chi connectivity index (χ1n) is 15.0. The molecule has 0 saturated heterocycles. The molecule has 0 aliphatic heterocycles. The highest BCUT2D eigenvalue weighted by Gasteiger charge is 2.31. The number of rotatable bonds is 8. The van der Waals surface area contributed by atoms with Crippen molar-refractivity contribution in [2.45, 2.75) is 102 Å². The minimum atomic E-state index is -1.25. The van der Waals surface area contributed by atoms with E-state index in [0.717, 1.165) is 37.0 Å². The number of hydrogen-bond donors (Lipinski definition) is 0. The van der Waals surface area contributed by atoms with Gasteiger partial charge in [0.2, 0.25) is 6.86 Å². The standard InChI is InChI=1S/C34H43F3O/c1-2-3-23-4-6-24(7-5-23)25-8-10-26(11-9-25)27-12-14-28(15-13-27)29-16-18-30(19-17-29)31-20-32(36)34(38-22-35)33(37)21-31/h12-16,20-21,23-26,30H,2-11,17-19,22H2,1H3. The van der Waals surface area contributed by atoms with Crippen LogP contribution in [0.2, 0.25) is 0 Å². The van der Waals surface area contributed by atoms with Gasteiger partial charge in [-0.15, -0.1) is 0 Å². The molecule has 0 heterocycles. The molecular formula is C34H43F3O. The molecular weight excluding hydrogens is 481 g/mol. The van der Waals surface area contributed by atoms with Crippen LogP contribution in [0.4, 0.5) is 13.2 Å². The SMILES string of the molecule is CCCC1CCC(C2CCC(c3ccc(C4=CCC(c5cc(F)c(OCF)c(F)c5)CC4)cc3)CC2)CC1. The second-order valence-corrected chi connectivity index (χ2v) is 12.1. The quantitative estimate of drug-likeness (QED) is 0.334. The molecule has 206 valence electrons. The molecule has 0 spiro atoms. The predicted octanol–water partition coefficient (Wildman–Crippen LogP) is 10.5. The van der Waals surface area contributed by atoms with Gasteiger partial charge in [-0.25, -0.2) is 13.2 Å². The Hall–Kier alpha value is -2.23. The molecule has 2 aromatic rings. The summed E-state index contributed by atoms with van der Waals surface area (Å²) in [5.41, 5.74) is 4.67. The second-order valence-electron chi connectivity index (χ2n) is 12.1. The summed E-state index contributed by atoms with van der Waals surface area (Å²) in [7, 11) is 0. The Bertz CT molecular complexity index is 1050. The summed E-state index contributed by atoms with van der Waals surface area (Å²) in [6.45, 7) is 1.08. The van der Waals surface area contributed by atoms with Crippen molar-refractivity contribution in [3.05, 3.63) is 70.8 Å². The molecule has 2 aromatic carbocycles. The Morgan fingerprint density at radius 3 is 1.95 bits per heavy atom. The van der Waals surface area contributed by atoms with Gasteiger partial charge in [0.25, 0.3) is 0 Å². The van der Waals surface area contributed by atoms with Crippen LogP contribution < -0.4 is 4.74 Å². The maximum atomic E-state index is 14.2. The topological polar surface area (TPSA) is 9.23 Å². The Balaban J connectivity index is 1.13. The maximum Gasteiger partial charge on any atom is 0.228 e. The number of alkyl halides is 1. The number of halogens is 3. The highest BCUT2D eigenvalue weighted by Crippen LogP contribution is 2.45. The number of benzene rings is 2. The Morgan fingerprint density at radius 2 is 1.39 bits per heavy atom. The number of ether oxygens (including phenoxy) is 1. The van der Waals surface area contributed by atoms with Crippen molar-refractivity contribution in [3.8, 4) is 5.75 Å². The lowest BCUT2D eigenvalue weighted by Crippen LogP contribution is -2.25. The fourth-order valence-electron chi connectivity index (χ4n) is 7.66. The van der Waals surface area contributed by atoms with E-state index in [0.29, 0.717) is 11.5 Å². The Morgan fingerprint density at radius 1 is 0.763 bits per heavy atom. The van der Waals surface area contributed by atoms with Gasteiger partial charge in [-0.1, -0.05) is 62.9 Å². The van der Waals surface area contributed by atoms with E-state index in [4.69, 9.17) is 0 Å². The zero-order chi connectivity index (χ0) is 26.5. The van der Waals surface area contributed by atoms with Crippen LogP contribution in [0.3, 0.4) is 0 Å². The molecule has 0 aromatic heterocycles. The molecule has 0 radical (unpaired) electrons. The van der Waals surface area contributed by atoms with E-state index in [1.807, 2.05) is 0 Å². The van der Waals surface area contributed by atoms with Crippen LogP contribution in [0.25, 0.3) is 5.57 Å². The summed E-state index contributed by atoms with van der Waals surface area (Å²) >= 11 is 0. The normalized spacial score (nSPS) is 28.1. The monoisotopic (exact) mass is 524 g/mol. The summed E-state index contributed by atoms with van der Waals surface area (Å²) in [5, 5.41) is 0. The van der Waals surface area contributed by atoms with Crippen LogP contribution in [-0.2, 0) is 0 Å². The molecule has 2 saturated carbocycles. The van der Waals surface area contributed by atoms with E-state index >= 15 is 0 Å². The summed E-state index contributed by atoms with van der Waals surface area (Å²) in [4.78, 5) is 0. The molecule has 1 nitrogen and oxygen atoms in total. The molecule has 4 heteroatoms. The predicted molar refractivity (Wildman–Crippen MR) is 149 cm³/mol. The summed E-state index contributed by atoms with van der Waals surface area (Å²) in [6, 6.07) is 11.8. The molecule has 1 atom stereocenters. The second kappa shape index (κ2) is 12.7. The fraction of sp³-hybridized carbons (Fsp3) is 0.588. The maximum absolute atomic E-state index is 14.2. The van der Waals surface area contributed by atoms with Crippen LogP contribution in [0.1, 0.15) is 119 Å².